The minimum absolute atomic E-state index is 0.0222. The van der Waals surface area contributed by atoms with Crippen LogP contribution in [0.2, 0.25) is 0 Å². The zero-order valence-corrected chi connectivity index (χ0v) is 19.3. The van der Waals surface area contributed by atoms with E-state index in [2.05, 4.69) is 30.7 Å². The van der Waals surface area contributed by atoms with Gasteiger partial charge in [-0.3, -0.25) is 4.79 Å². The van der Waals surface area contributed by atoms with E-state index in [1.807, 2.05) is 6.92 Å². The summed E-state index contributed by atoms with van der Waals surface area (Å²) in [6.07, 6.45) is -0.246. The zero-order chi connectivity index (χ0) is 25.1. The number of nitrogens with one attached hydrogen (secondary N) is 2. The summed E-state index contributed by atoms with van der Waals surface area (Å²) < 4.78 is 43.8. The van der Waals surface area contributed by atoms with Gasteiger partial charge in [-0.1, -0.05) is 6.92 Å². The van der Waals surface area contributed by atoms with E-state index in [1.165, 1.54) is 9.08 Å². The van der Waals surface area contributed by atoms with Gasteiger partial charge >= 0.3 is 0 Å². The maximum absolute atomic E-state index is 15.1. The van der Waals surface area contributed by atoms with Gasteiger partial charge in [0.2, 0.25) is 11.9 Å². The van der Waals surface area contributed by atoms with Gasteiger partial charge in [-0.05, 0) is 31.9 Å². The molecule has 1 aliphatic carbocycles. The number of aromatic nitrogens is 6. The molecule has 0 radical (unpaired) electrons. The Hall–Kier alpha value is -3.90. The normalized spacial score (nSPS) is 19.9. The Bertz CT molecular complexity index is 1460. The Balaban J connectivity index is 1.49. The SMILES string of the molecule is CNC(=O)C1(C)CC(Nc2nc(N)c3c(-c4ccc5nc(C)n(CC(F)F)c5n4)c(F)cn3n2)C1. The van der Waals surface area contributed by atoms with Crippen LogP contribution in [-0.4, -0.2) is 54.6 Å². The molecule has 1 fully saturated rings. The Morgan fingerprint density at radius 2 is 2.03 bits per heavy atom. The van der Waals surface area contributed by atoms with Gasteiger partial charge in [0.1, 0.15) is 16.9 Å². The van der Waals surface area contributed by atoms with Crippen molar-refractivity contribution in [1.29, 1.82) is 0 Å². The van der Waals surface area contributed by atoms with Gasteiger partial charge in [0.25, 0.3) is 6.43 Å². The van der Waals surface area contributed by atoms with Crippen molar-refractivity contribution in [3.63, 3.8) is 0 Å². The molecule has 0 spiro atoms. The van der Waals surface area contributed by atoms with Gasteiger partial charge in [-0.25, -0.2) is 27.7 Å². The van der Waals surface area contributed by atoms with Crippen molar-refractivity contribution in [2.24, 2.45) is 5.41 Å². The Morgan fingerprint density at radius 3 is 2.71 bits per heavy atom. The van der Waals surface area contributed by atoms with Crippen LogP contribution in [0.4, 0.5) is 24.9 Å². The fourth-order valence-electron chi connectivity index (χ4n) is 4.80. The number of imidazole rings is 1. The second kappa shape index (κ2) is 8.10. The minimum atomic E-state index is -2.59. The lowest BCUT2D eigenvalue weighted by atomic mass is 9.66. The Kier molecular flexibility index (Phi) is 5.29. The number of amides is 1. The average Bonchev–Trinajstić information content (AvgIpc) is 3.27. The number of anilines is 2. The van der Waals surface area contributed by atoms with Gasteiger partial charge in [0.05, 0.1) is 29.4 Å². The molecular formula is C22H24F3N9O. The molecule has 4 heterocycles. The summed E-state index contributed by atoms with van der Waals surface area (Å²) >= 11 is 0. The van der Waals surface area contributed by atoms with Crippen LogP contribution < -0.4 is 16.4 Å². The summed E-state index contributed by atoms with van der Waals surface area (Å²) in [5.74, 6) is -0.0571. The van der Waals surface area contributed by atoms with Gasteiger partial charge < -0.3 is 20.9 Å². The van der Waals surface area contributed by atoms with Crippen LogP contribution in [0.1, 0.15) is 25.6 Å². The standard InChI is InChI=1S/C22H24F3N9O/c1-10-28-14-5-4-13(30-19(14)33(10)9-15(24)25)16-12(23)8-34-17(16)18(26)31-21(32-34)29-11-6-22(2,7-11)20(35)27-3/h4-5,8,11,15H,6-7,9H2,1-3H3,(H,27,35)(H3,26,29,31,32). The molecule has 0 aromatic carbocycles. The number of nitrogens with two attached hydrogens (primary N) is 1. The number of aryl methyl sites for hydroxylation is 1. The summed E-state index contributed by atoms with van der Waals surface area (Å²) in [7, 11) is 1.60. The molecule has 0 unspecified atom stereocenters. The van der Waals surface area contributed by atoms with Crippen LogP contribution in [0, 0.1) is 18.2 Å². The van der Waals surface area contributed by atoms with Crippen molar-refractivity contribution in [2.45, 2.75) is 45.7 Å². The summed E-state index contributed by atoms with van der Waals surface area (Å²) in [6.45, 7) is 2.92. The molecule has 4 aromatic rings. The van der Waals surface area contributed by atoms with Gasteiger partial charge in [0.15, 0.2) is 17.3 Å². The van der Waals surface area contributed by atoms with E-state index in [-0.39, 0.29) is 46.1 Å². The molecule has 4 N–H and O–H groups in total. The van der Waals surface area contributed by atoms with Crippen LogP contribution in [0.5, 0.6) is 0 Å². The lowest BCUT2D eigenvalue weighted by molar-refractivity contribution is -0.134. The molecule has 13 heteroatoms. The first-order valence-corrected chi connectivity index (χ1v) is 11.0. The molecule has 1 amide bonds. The van der Waals surface area contributed by atoms with Crippen molar-refractivity contribution < 1.29 is 18.0 Å². The summed E-state index contributed by atoms with van der Waals surface area (Å²) in [5, 5.41) is 10.1. The number of carbonyl (C=O) groups is 1. The minimum Gasteiger partial charge on any atom is -0.382 e. The van der Waals surface area contributed by atoms with E-state index in [0.29, 0.717) is 24.2 Å². The second-order valence-electron chi connectivity index (χ2n) is 9.06. The molecule has 0 saturated heterocycles. The third kappa shape index (κ3) is 3.80. The van der Waals surface area contributed by atoms with Crippen molar-refractivity contribution in [1.82, 2.24) is 34.4 Å². The molecule has 10 nitrogen and oxygen atoms in total. The van der Waals surface area contributed by atoms with Crippen LogP contribution in [-0.2, 0) is 11.3 Å². The third-order valence-corrected chi connectivity index (χ3v) is 6.47. The van der Waals surface area contributed by atoms with E-state index in [4.69, 9.17) is 5.73 Å². The molecular weight excluding hydrogens is 463 g/mol. The fourth-order valence-corrected chi connectivity index (χ4v) is 4.80. The smallest absolute Gasteiger partial charge is 0.256 e. The number of fused-ring (bicyclic) bond motifs is 2. The highest BCUT2D eigenvalue weighted by Crippen LogP contribution is 2.42. The topological polar surface area (TPSA) is 128 Å². The zero-order valence-electron chi connectivity index (χ0n) is 19.3. The van der Waals surface area contributed by atoms with Crippen molar-refractivity contribution >= 4 is 34.4 Å². The summed E-state index contributed by atoms with van der Waals surface area (Å²) in [6, 6.07) is 3.12. The molecule has 1 saturated carbocycles. The third-order valence-electron chi connectivity index (χ3n) is 6.47. The van der Waals surface area contributed by atoms with E-state index in [0.717, 1.165) is 6.20 Å². The second-order valence-corrected chi connectivity index (χ2v) is 9.06. The van der Waals surface area contributed by atoms with Crippen LogP contribution in [0.3, 0.4) is 0 Å². The lowest BCUT2D eigenvalue weighted by Gasteiger charge is -2.43. The van der Waals surface area contributed by atoms with Crippen molar-refractivity contribution in [2.75, 3.05) is 18.1 Å². The highest BCUT2D eigenvalue weighted by Gasteiger charge is 2.46. The van der Waals surface area contributed by atoms with Crippen LogP contribution in [0.15, 0.2) is 18.3 Å². The first kappa shape index (κ1) is 22.9. The van der Waals surface area contributed by atoms with Gasteiger partial charge in [-0.15, -0.1) is 5.10 Å². The van der Waals surface area contributed by atoms with E-state index in [1.54, 1.807) is 26.1 Å². The predicted molar refractivity (Wildman–Crippen MR) is 123 cm³/mol. The average molecular weight is 487 g/mol. The van der Waals surface area contributed by atoms with Crippen molar-refractivity contribution in [3.05, 3.63) is 30.0 Å². The molecule has 184 valence electrons. The number of rotatable bonds is 6. The largest absolute Gasteiger partial charge is 0.382 e. The Labute approximate surface area is 197 Å². The number of pyridine rings is 1. The quantitative estimate of drug-likeness (QED) is 0.382. The van der Waals surface area contributed by atoms with Gasteiger partial charge in [0, 0.05) is 13.1 Å². The maximum Gasteiger partial charge on any atom is 0.256 e. The monoisotopic (exact) mass is 487 g/mol. The fraction of sp³-hybridized carbons (Fsp3) is 0.409. The number of carbonyl (C=O) groups excluding carboxylic acids is 1. The molecule has 0 atom stereocenters. The van der Waals surface area contributed by atoms with Crippen LogP contribution >= 0.6 is 0 Å². The summed E-state index contributed by atoms with van der Waals surface area (Å²) in [5.41, 5.74) is 6.85. The van der Waals surface area contributed by atoms with E-state index >= 15 is 4.39 Å². The maximum atomic E-state index is 15.1. The number of alkyl halides is 2. The van der Waals surface area contributed by atoms with Crippen molar-refractivity contribution in [3.8, 4) is 11.3 Å². The predicted octanol–water partition coefficient (Wildman–Crippen LogP) is 2.76. The lowest BCUT2D eigenvalue weighted by Crippen LogP contribution is -2.51. The molecule has 0 aliphatic heterocycles. The van der Waals surface area contributed by atoms with E-state index < -0.39 is 24.2 Å². The molecule has 4 aromatic heterocycles. The highest BCUT2D eigenvalue weighted by atomic mass is 19.3. The number of nitrogens with zero attached hydrogens (tertiary/aromatic N) is 6. The number of nitrogen functional groups attached to an aromatic ring is 1. The first-order valence-electron chi connectivity index (χ1n) is 11.0. The number of hydrogen-bond acceptors (Lipinski definition) is 7. The number of halogens is 3. The van der Waals surface area contributed by atoms with Crippen LogP contribution in [0.25, 0.3) is 27.9 Å². The molecule has 0 bridgehead atoms. The molecule has 5 rings (SSSR count). The number of hydrogen-bond donors (Lipinski definition) is 3. The summed E-state index contributed by atoms with van der Waals surface area (Å²) in [4.78, 5) is 25.0. The Morgan fingerprint density at radius 1 is 1.29 bits per heavy atom. The van der Waals surface area contributed by atoms with Gasteiger partial charge in [-0.2, -0.15) is 4.98 Å². The first-order chi connectivity index (χ1) is 16.6. The highest BCUT2D eigenvalue weighted by molar-refractivity contribution is 5.89. The molecule has 1 aliphatic rings. The van der Waals surface area contributed by atoms with E-state index in [9.17, 15) is 13.6 Å². The molecule has 35 heavy (non-hydrogen) atoms.